The van der Waals surface area contributed by atoms with E-state index in [2.05, 4.69) is 37.6 Å². The normalized spacial score (nSPS) is 12.9. The van der Waals surface area contributed by atoms with Crippen molar-refractivity contribution in [2.24, 2.45) is 12.8 Å². The SMILES string of the molecule is COc1cccc2c(CCC(C)N)c(C)n(C)c12. The van der Waals surface area contributed by atoms with Gasteiger partial charge in [0, 0.05) is 24.2 Å². The second-order valence-electron chi connectivity index (χ2n) is 5.00. The molecule has 2 N–H and O–H groups in total. The van der Waals surface area contributed by atoms with Crippen LogP contribution in [0.25, 0.3) is 10.9 Å². The quantitative estimate of drug-likeness (QED) is 0.901. The van der Waals surface area contributed by atoms with E-state index in [1.165, 1.54) is 22.2 Å². The molecule has 0 aliphatic carbocycles. The average molecular weight is 246 g/mol. The molecule has 3 heteroatoms. The van der Waals surface area contributed by atoms with Crippen molar-refractivity contribution >= 4 is 10.9 Å². The Labute approximate surface area is 109 Å². The lowest BCUT2D eigenvalue weighted by molar-refractivity contribution is 0.418. The molecule has 18 heavy (non-hydrogen) atoms. The summed E-state index contributed by atoms with van der Waals surface area (Å²) in [6.07, 6.45) is 2.03. The second-order valence-corrected chi connectivity index (χ2v) is 5.00. The van der Waals surface area contributed by atoms with Crippen LogP contribution in [0, 0.1) is 6.92 Å². The van der Waals surface area contributed by atoms with Gasteiger partial charge in [0.25, 0.3) is 0 Å². The molecule has 0 aliphatic heterocycles. The van der Waals surface area contributed by atoms with Gasteiger partial charge in [0.1, 0.15) is 5.75 Å². The van der Waals surface area contributed by atoms with E-state index in [0.29, 0.717) is 0 Å². The van der Waals surface area contributed by atoms with Crippen molar-refractivity contribution in [3.63, 3.8) is 0 Å². The number of aromatic nitrogens is 1. The van der Waals surface area contributed by atoms with Crippen LogP contribution < -0.4 is 10.5 Å². The standard InChI is InChI=1S/C15H22N2O/c1-10(16)8-9-12-11(2)17(3)15-13(12)6-5-7-14(15)18-4/h5-7,10H,8-9,16H2,1-4H3. The van der Waals surface area contributed by atoms with Crippen molar-refractivity contribution in [2.45, 2.75) is 32.7 Å². The Bertz CT molecular complexity index is 555. The van der Waals surface area contributed by atoms with Gasteiger partial charge >= 0.3 is 0 Å². The van der Waals surface area contributed by atoms with Gasteiger partial charge in [0.15, 0.2) is 0 Å². The third-order valence-corrected chi connectivity index (χ3v) is 3.67. The largest absolute Gasteiger partial charge is 0.495 e. The van der Waals surface area contributed by atoms with Crippen LogP contribution in [0.5, 0.6) is 5.75 Å². The fraction of sp³-hybridized carbons (Fsp3) is 0.467. The van der Waals surface area contributed by atoms with Crippen molar-refractivity contribution in [1.29, 1.82) is 0 Å². The van der Waals surface area contributed by atoms with E-state index < -0.39 is 0 Å². The zero-order valence-electron chi connectivity index (χ0n) is 11.7. The molecule has 98 valence electrons. The summed E-state index contributed by atoms with van der Waals surface area (Å²) in [5.74, 6) is 0.935. The summed E-state index contributed by atoms with van der Waals surface area (Å²) < 4.78 is 7.67. The fourth-order valence-corrected chi connectivity index (χ4v) is 2.53. The Kier molecular flexibility index (Phi) is 3.62. The summed E-state index contributed by atoms with van der Waals surface area (Å²) in [4.78, 5) is 0. The lowest BCUT2D eigenvalue weighted by atomic mass is 10.0. The topological polar surface area (TPSA) is 40.2 Å². The van der Waals surface area contributed by atoms with E-state index in [4.69, 9.17) is 10.5 Å². The zero-order valence-corrected chi connectivity index (χ0v) is 11.7. The Morgan fingerprint density at radius 1 is 1.39 bits per heavy atom. The number of rotatable bonds is 4. The summed E-state index contributed by atoms with van der Waals surface area (Å²) in [6.45, 7) is 4.22. The van der Waals surface area contributed by atoms with Crippen molar-refractivity contribution in [2.75, 3.05) is 7.11 Å². The molecule has 1 atom stereocenters. The molecule has 1 aromatic carbocycles. The van der Waals surface area contributed by atoms with Crippen molar-refractivity contribution < 1.29 is 4.74 Å². The van der Waals surface area contributed by atoms with E-state index in [-0.39, 0.29) is 6.04 Å². The number of nitrogens with zero attached hydrogens (tertiary/aromatic N) is 1. The highest BCUT2D eigenvalue weighted by atomic mass is 16.5. The summed E-state index contributed by atoms with van der Waals surface area (Å²) >= 11 is 0. The van der Waals surface area contributed by atoms with Crippen LogP contribution in [0.2, 0.25) is 0 Å². The molecule has 1 heterocycles. The van der Waals surface area contributed by atoms with E-state index >= 15 is 0 Å². The lowest BCUT2D eigenvalue weighted by Crippen LogP contribution is -2.15. The minimum absolute atomic E-state index is 0.241. The van der Waals surface area contributed by atoms with Crippen molar-refractivity contribution in [1.82, 2.24) is 4.57 Å². The predicted octanol–water partition coefficient (Wildman–Crippen LogP) is 2.78. The van der Waals surface area contributed by atoms with Crippen molar-refractivity contribution in [3.8, 4) is 5.75 Å². The molecule has 2 rings (SSSR count). The highest BCUT2D eigenvalue weighted by Gasteiger charge is 2.15. The molecule has 2 aromatic rings. The minimum atomic E-state index is 0.241. The van der Waals surface area contributed by atoms with Crippen molar-refractivity contribution in [3.05, 3.63) is 29.5 Å². The summed E-state index contributed by atoms with van der Waals surface area (Å²) in [7, 11) is 3.81. The predicted molar refractivity (Wildman–Crippen MR) is 76.2 cm³/mol. The molecule has 1 unspecified atom stereocenters. The van der Waals surface area contributed by atoms with Gasteiger partial charge < -0.3 is 15.0 Å². The number of para-hydroxylation sites is 1. The number of hydrogen-bond acceptors (Lipinski definition) is 2. The van der Waals surface area contributed by atoms with Crippen LogP contribution >= 0.6 is 0 Å². The number of aryl methyl sites for hydroxylation is 2. The van der Waals surface area contributed by atoms with Crippen LogP contribution in [-0.2, 0) is 13.5 Å². The molecule has 0 saturated carbocycles. The van der Waals surface area contributed by atoms with Gasteiger partial charge in [-0.15, -0.1) is 0 Å². The second kappa shape index (κ2) is 5.02. The van der Waals surface area contributed by atoms with E-state index in [9.17, 15) is 0 Å². The Morgan fingerprint density at radius 3 is 2.72 bits per heavy atom. The molecule has 1 aromatic heterocycles. The maximum absolute atomic E-state index is 5.87. The first-order valence-electron chi connectivity index (χ1n) is 6.42. The Hall–Kier alpha value is -1.48. The van der Waals surface area contributed by atoms with Crippen LogP contribution in [0.3, 0.4) is 0 Å². The molecule has 0 saturated heterocycles. The maximum Gasteiger partial charge on any atom is 0.143 e. The smallest absolute Gasteiger partial charge is 0.143 e. The molecule has 0 aliphatic rings. The zero-order chi connectivity index (χ0) is 13.3. The molecule has 0 fully saturated rings. The molecule has 0 bridgehead atoms. The number of methoxy groups -OCH3 is 1. The Balaban J connectivity index is 2.56. The summed E-state index contributed by atoms with van der Waals surface area (Å²) in [6, 6.07) is 6.47. The Morgan fingerprint density at radius 2 is 2.11 bits per heavy atom. The van der Waals surface area contributed by atoms with Gasteiger partial charge in [-0.3, -0.25) is 0 Å². The van der Waals surface area contributed by atoms with E-state index in [1.807, 2.05) is 6.07 Å². The molecular weight excluding hydrogens is 224 g/mol. The van der Waals surface area contributed by atoms with Gasteiger partial charge in [-0.25, -0.2) is 0 Å². The third-order valence-electron chi connectivity index (χ3n) is 3.67. The molecule has 0 radical (unpaired) electrons. The number of fused-ring (bicyclic) bond motifs is 1. The third kappa shape index (κ3) is 2.10. The van der Waals surface area contributed by atoms with Crippen LogP contribution in [0.1, 0.15) is 24.6 Å². The number of ether oxygens (including phenoxy) is 1. The van der Waals surface area contributed by atoms with E-state index in [0.717, 1.165) is 18.6 Å². The van der Waals surface area contributed by atoms with Gasteiger partial charge in [0.2, 0.25) is 0 Å². The van der Waals surface area contributed by atoms with Gasteiger partial charge in [-0.1, -0.05) is 12.1 Å². The summed E-state index contributed by atoms with van der Waals surface area (Å²) in [5.41, 5.74) is 9.74. The number of hydrogen-bond donors (Lipinski definition) is 1. The number of nitrogens with two attached hydrogens (primary N) is 1. The fourth-order valence-electron chi connectivity index (χ4n) is 2.53. The highest BCUT2D eigenvalue weighted by Crippen LogP contribution is 2.32. The first kappa shape index (κ1) is 13.0. The molecule has 0 spiro atoms. The van der Waals surface area contributed by atoms with Gasteiger partial charge in [0.05, 0.1) is 12.6 Å². The van der Waals surface area contributed by atoms with Gasteiger partial charge in [-0.05, 0) is 38.3 Å². The first-order valence-corrected chi connectivity index (χ1v) is 6.42. The summed E-state index contributed by atoms with van der Waals surface area (Å²) in [5, 5.41) is 1.29. The minimum Gasteiger partial charge on any atom is -0.495 e. The van der Waals surface area contributed by atoms with Crippen LogP contribution in [0.15, 0.2) is 18.2 Å². The lowest BCUT2D eigenvalue weighted by Gasteiger charge is -2.05. The molecular formula is C15H22N2O. The number of benzene rings is 1. The van der Waals surface area contributed by atoms with Gasteiger partial charge in [-0.2, -0.15) is 0 Å². The molecule has 3 nitrogen and oxygen atoms in total. The highest BCUT2D eigenvalue weighted by molar-refractivity contribution is 5.90. The maximum atomic E-state index is 5.87. The van der Waals surface area contributed by atoms with Crippen LogP contribution in [0.4, 0.5) is 0 Å². The average Bonchev–Trinajstić information content (AvgIpc) is 2.60. The van der Waals surface area contributed by atoms with E-state index in [1.54, 1.807) is 7.11 Å². The monoisotopic (exact) mass is 246 g/mol. The molecule has 0 amide bonds. The van der Waals surface area contributed by atoms with Crippen LogP contribution in [-0.4, -0.2) is 17.7 Å². The first-order chi connectivity index (χ1) is 8.56.